The fourth-order valence-corrected chi connectivity index (χ4v) is 4.41. The average molecular weight is 425 g/mol. The van der Waals surface area contributed by atoms with Crippen molar-refractivity contribution in [1.29, 1.82) is 0 Å². The van der Waals surface area contributed by atoms with Crippen LogP contribution >= 0.6 is 0 Å². The molecule has 0 amide bonds. The van der Waals surface area contributed by atoms with Crippen LogP contribution in [0.5, 0.6) is 5.75 Å². The Hall–Kier alpha value is -2.12. The predicted molar refractivity (Wildman–Crippen MR) is 126 cm³/mol. The molecule has 0 aliphatic carbocycles. The van der Waals surface area contributed by atoms with E-state index in [-0.39, 0.29) is 0 Å². The molecule has 1 unspecified atom stereocenters. The summed E-state index contributed by atoms with van der Waals surface area (Å²) in [7, 11) is 0. The van der Waals surface area contributed by atoms with Crippen LogP contribution in [0.4, 0.5) is 5.69 Å². The first-order valence-corrected chi connectivity index (χ1v) is 11.6. The number of ether oxygens (including phenoxy) is 1. The molecule has 0 aromatic heterocycles. The zero-order valence-corrected chi connectivity index (χ0v) is 18.5. The molecule has 2 fully saturated rings. The number of β-amino-alcohol motifs (C(OH)–C–C–N with tert-alkyl or cyclic N) is 1. The molecule has 1 atom stereocenters. The standard InChI is InChI=1S/C25H36N4O2/c30-24(20-27-13-4-14-29(18-17-27)23-5-2-1-3-6-23)21-31-25-9-7-22(8-10-25)19-28-15-11-26-12-16-28/h1-3,5-10,24,26,30H,4,11-21H2. The average Bonchev–Trinajstić information content (AvgIpc) is 3.05. The highest BCUT2D eigenvalue weighted by atomic mass is 16.5. The smallest absolute Gasteiger partial charge is 0.119 e. The molecule has 2 saturated heterocycles. The van der Waals surface area contributed by atoms with Crippen molar-refractivity contribution < 1.29 is 9.84 Å². The Morgan fingerprint density at radius 1 is 0.839 bits per heavy atom. The van der Waals surface area contributed by atoms with Crippen LogP contribution in [0.15, 0.2) is 54.6 Å². The van der Waals surface area contributed by atoms with Gasteiger partial charge in [0, 0.05) is 64.6 Å². The van der Waals surface area contributed by atoms with Gasteiger partial charge in [-0.2, -0.15) is 0 Å². The van der Waals surface area contributed by atoms with Gasteiger partial charge in [0.2, 0.25) is 0 Å². The van der Waals surface area contributed by atoms with Crippen molar-refractivity contribution in [3.63, 3.8) is 0 Å². The van der Waals surface area contributed by atoms with E-state index in [0.717, 1.165) is 71.1 Å². The highest BCUT2D eigenvalue weighted by molar-refractivity contribution is 5.46. The molecule has 2 aromatic rings. The highest BCUT2D eigenvalue weighted by Crippen LogP contribution is 2.17. The number of anilines is 1. The summed E-state index contributed by atoms with van der Waals surface area (Å²) >= 11 is 0. The van der Waals surface area contributed by atoms with Gasteiger partial charge in [-0.1, -0.05) is 30.3 Å². The Kier molecular flexibility index (Phi) is 8.18. The van der Waals surface area contributed by atoms with Crippen LogP contribution in [0.1, 0.15) is 12.0 Å². The summed E-state index contributed by atoms with van der Waals surface area (Å²) < 4.78 is 5.87. The van der Waals surface area contributed by atoms with Crippen LogP contribution in [-0.2, 0) is 6.54 Å². The Bertz CT molecular complexity index is 765. The lowest BCUT2D eigenvalue weighted by Crippen LogP contribution is -2.42. The fourth-order valence-electron chi connectivity index (χ4n) is 4.41. The van der Waals surface area contributed by atoms with Crippen molar-refractivity contribution in [3.8, 4) is 5.75 Å². The van der Waals surface area contributed by atoms with E-state index in [1.54, 1.807) is 0 Å². The molecule has 2 N–H and O–H groups in total. The molecule has 0 radical (unpaired) electrons. The SMILES string of the molecule is OC(COc1ccc(CN2CCNCC2)cc1)CN1CCCN(c2ccccc2)CC1. The van der Waals surface area contributed by atoms with Gasteiger partial charge in [-0.3, -0.25) is 9.80 Å². The van der Waals surface area contributed by atoms with E-state index in [1.807, 2.05) is 12.1 Å². The molecule has 0 saturated carbocycles. The fraction of sp³-hybridized carbons (Fsp3) is 0.520. The number of hydrogen-bond acceptors (Lipinski definition) is 6. The van der Waals surface area contributed by atoms with Gasteiger partial charge in [0.1, 0.15) is 18.5 Å². The van der Waals surface area contributed by atoms with Gasteiger partial charge in [0.15, 0.2) is 0 Å². The minimum atomic E-state index is -0.483. The first-order valence-electron chi connectivity index (χ1n) is 11.6. The maximum atomic E-state index is 10.5. The van der Waals surface area contributed by atoms with E-state index >= 15 is 0 Å². The molecule has 2 heterocycles. The summed E-state index contributed by atoms with van der Waals surface area (Å²) in [6.45, 7) is 10.3. The third-order valence-electron chi connectivity index (χ3n) is 6.16. The second kappa shape index (κ2) is 11.5. The number of nitrogens with zero attached hydrogens (tertiary/aromatic N) is 3. The monoisotopic (exact) mass is 424 g/mol. The van der Waals surface area contributed by atoms with Crippen LogP contribution in [0.2, 0.25) is 0 Å². The maximum Gasteiger partial charge on any atom is 0.119 e. The van der Waals surface area contributed by atoms with Gasteiger partial charge in [0.05, 0.1) is 0 Å². The number of para-hydroxylation sites is 1. The summed E-state index contributed by atoms with van der Waals surface area (Å²) in [6, 6.07) is 18.9. The van der Waals surface area contributed by atoms with Gasteiger partial charge >= 0.3 is 0 Å². The molecule has 2 aliphatic rings. The third-order valence-corrected chi connectivity index (χ3v) is 6.16. The quantitative estimate of drug-likeness (QED) is 0.677. The molecule has 2 aliphatic heterocycles. The second-order valence-corrected chi connectivity index (χ2v) is 8.61. The van der Waals surface area contributed by atoms with Gasteiger partial charge in [0.25, 0.3) is 0 Å². The molecule has 6 nitrogen and oxygen atoms in total. The van der Waals surface area contributed by atoms with Gasteiger partial charge in [-0.15, -0.1) is 0 Å². The summed E-state index contributed by atoms with van der Waals surface area (Å²) in [6.07, 6.45) is 0.626. The molecule has 0 bridgehead atoms. The molecule has 6 heteroatoms. The van der Waals surface area contributed by atoms with Crippen LogP contribution in [0.25, 0.3) is 0 Å². The van der Waals surface area contributed by atoms with Crippen molar-refractivity contribution in [1.82, 2.24) is 15.1 Å². The van der Waals surface area contributed by atoms with Crippen molar-refractivity contribution in [2.24, 2.45) is 0 Å². The van der Waals surface area contributed by atoms with Gasteiger partial charge < -0.3 is 20.1 Å². The Labute approximate surface area is 186 Å². The number of piperazine rings is 1. The molecular formula is C25H36N4O2. The van der Waals surface area contributed by atoms with Crippen LogP contribution < -0.4 is 15.0 Å². The molecule has 31 heavy (non-hydrogen) atoms. The van der Waals surface area contributed by atoms with Crippen molar-refractivity contribution in [3.05, 3.63) is 60.2 Å². The summed E-state index contributed by atoms with van der Waals surface area (Å²) in [5, 5.41) is 13.9. The van der Waals surface area contributed by atoms with Crippen LogP contribution in [-0.4, -0.2) is 86.5 Å². The predicted octanol–water partition coefficient (Wildman–Crippen LogP) is 2.04. The van der Waals surface area contributed by atoms with E-state index in [0.29, 0.717) is 13.2 Å². The van der Waals surface area contributed by atoms with E-state index < -0.39 is 6.10 Å². The lowest BCUT2D eigenvalue weighted by Gasteiger charge is -2.27. The zero-order valence-electron chi connectivity index (χ0n) is 18.5. The second-order valence-electron chi connectivity index (χ2n) is 8.61. The number of benzene rings is 2. The van der Waals surface area contributed by atoms with Crippen LogP contribution in [0, 0.1) is 0 Å². The Balaban J connectivity index is 1.18. The highest BCUT2D eigenvalue weighted by Gasteiger charge is 2.18. The van der Waals surface area contributed by atoms with Gasteiger partial charge in [-0.25, -0.2) is 0 Å². The Morgan fingerprint density at radius 2 is 1.61 bits per heavy atom. The van der Waals surface area contributed by atoms with E-state index in [1.165, 1.54) is 11.3 Å². The molecule has 4 rings (SSSR count). The number of rotatable bonds is 8. The molecule has 2 aromatic carbocycles. The van der Waals surface area contributed by atoms with Gasteiger partial charge in [-0.05, 0) is 42.8 Å². The summed E-state index contributed by atoms with van der Waals surface area (Å²) in [5.74, 6) is 0.828. The largest absolute Gasteiger partial charge is 0.491 e. The number of hydrogen-bond donors (Lipinski definition) is 2. The minimum Gasteiger partial charge on any atom is -0.491 e. The van der Waals surface area contributed by atoms with E-state index in [4.69, 9.17) is 4.74 Å². The number of aliphatic hydroxyl groups is 1. The van der Waals surface area contributed by atoms with E-state index in [2.05, 4.69) is 62.5 Å². The lowest BCUT2D eigenvalue weighted by atomic mass is 10.2. The first kappa shape index (κ1) is 22.1. The molecule has 0 spiro atoms. The number of aliphatic hydroxyl groups excluding tert-OH is 1. The lowest BCUT2D eigenvalue weighted by molar-refractivity contribution is 0.0705. The third kappa shape index (κ3) is 6.94. The maximum absolute atomic E-state index is 10.5. The van der Waals surface area contributed by atoms with Crippen LogP contribution in [0.3, 0.4) is 0 Å². The van der Waals surface area contributed by atoms with E-state index in [9.17, 15) is 5.11 Å². The Morgan fingerprint density at radius 3 is 2.39 bits per heavy atom. The number of nitrogens with one attached hydrogen (secondary N) is 1. The van der Waals surface area contributed by atoms with Crippen molar-refractivity contribution in [2.75, 3.05) is 70.4 Å². The van der Waals surface area contributed by atoms with Crippen molar-refractivity contribution >= 4 is 5.69 Å². The topological polar surface area (TPSA) is 51.2 Å². The summed E-state index contributed by atoms with van der Waals surface area (Å²) in [5.41, 5.74) is 2.59. The minimum absolute atomic E-state index is 0.329. The summed E-state index contributed by atoms with van der Waals surface area (Å²) in [4.78, 5) is 7.26. The normalized spacial score (nSPS) is 19.7. The first-order chi connectivity index (χ1) is 15.3. The zero-order chi connectivity index (χ0) is 21.3. The molecule has 168 valence electrons. The van der Waals surface area contributed by atoms with Crippen molar-refractivity contribution in [2.45, 2.75) is 19.1 Å². The molecular weight excluding hydrogens is 388 g/mol.